The lowest BCUT2D eigenvalue weighted by molar-refractivity contribution is 0.331. The molecule has 0 heterocycles. The molecule has 29 heavy (non-hydrogen) atoms. The maximum atomic E-state index is 2.62. The van der Waals surface area contributed by atoms with Crippen LogP contribution < -0.4 is 0 Å². The van der Waals surface area contributed by atoms with Gasteiger partial charge in [-0.1, -0.05) is 85.2 Å². The van der Waals surface area contributed by atoms with Crippen LogP contribution in [0.4, 0.5) is 0 Å². The Labute approximate surface area is 178 Å². The molecule has 154 valence electrons. The number of rotatable bonds is 0. The van der Waals surface area contributed by atoms with Crippen molar-refractivity contribution in [3.05, 3.63) is 63.3 Å². The van der Waals surface area contributed by atoms with Crippen LogP contribution in [0.5, 0.6) is 0 Å². The van der Waals surface area contributed by atoms with Crippen molar-refractivity contribution in [1.82, 2.24) is 0 Å². The van der Waals surface area contributed by atoms with E-state index in [4.69, 9.17) is 0 Å². The summed E-state index contributed by atoms with van der Waals surface area (Å²) in [5, 5.41) is 0. The number of hydrogen-bond donors (Lipinski definition) is 0. The maximum Gasteiger partial charge on any atom is 0.0114 e. The largest absolute Gasteiger partial charge is 0.0793 e. The lowest BCUT2D eigenvalue weighted by atomic mass is 9.62. The molecule has 1 aromatic carbocycles. The van der Waals surface area contributed by atoms with Gasteiger partial charge >= 0.3 is 0 Å². The molecule has 0 saturated heterocycles. The third-order valence-electron chi connectivity index (χ3n) is 8.67. The zero-order valence-corrected chi connectivity index (χ0v) is 19.8. The topological polar surface area (TPSA) is 0 Å². The first-order chi connectivity index (χ1) is 13.3. The monoisotopic (exact) mass is 386 g/mol. The van der Waals surface area contributed by atoms with Crippen LogP contribution in [0.2, 0.25) is 0 Å². The summed E-state index contributed by atoms with van der Waals surface area (Å²) in [5.41, 5.74) is 13.9. The van der Waals surface area contributed by atoms with Crippen LogP contribution in [0.15, 0.2) is 41.0 Å². The molecule has 0 radical (unpaired) electrons. The van der Waals surface area contributed by atoms with Gasteiger partial charge in [-0.25, -0.2) is 0 Å². The SMILES string of the molecule is CC1(C)C=C2CC3=C(Cc4cc5c(cc43)C(C)(C)CCC5(C)C)C(C)(C)C2=CC1. The Morgan fingerprint density at radius 2 is 1.38 bits per heavy atom. The predicted molar refractivity (Wildman–Crippen MR) is 125 cm³/mol. The fourth-order valence-corrected chi connectivity index (χ4v) is 6.61. The van der Waals surface area contributed by atoms with E-state index in [0.29, 0.717) is 5.41 Å². The summed E-state index contributed by atoms with van der Waals surface area (Å²) in [6.07, 6.45) is 11.2. The fourth-order valence-electron chi connectivity index (χ4n) is 6.61. The van der Waals surface area contributed by atoms with E-state index in [0.717, 1.165) is 12.8 Å². The number of hydrogen-bond acceptors (Lipinski definition) is 0. The van der Waals surface area contributed by atoms with E-state index in [-0.39, 0.29) is 16.2 Å². The second kappa shape index (κ2) is 5.57. The van der Waals surface area contributed by atoms with Crippen LogP contribution in [0.1, 0.15) is 103 Å². The standard InChI is InChI=1S/C29H38/c1-26(2)10-9-22-19(17-26)13-21-20-16-25-24(27(3,4)11-12-28(25,5)6)15-18(20)14-23(21)29(22,7)8/h9,15-17H,10-14H2,1-8H3. The molecule has 0 aliphatic heterocycles. The molecule has 0 heteroatoms. The van der Waals surface area contributed by atoms with Crippen LogP contribution in [-0.4, -0.2) is 0 Å². The molecule has 0 bridgehead atoms. The van der Waals surface area contributed by atoms with Gasteiger partial charge in [-0.15, -0.1) is 0 Å². The molecule has 4 aliphatic rings. The van der Waals surface area contributed by atoms with Crippen molar-refractivity contribution in [2.45, 2.75) is 98.3 Å². The van der Waals surface area contributed by atoms with Crippen molar-refractivity contribution in [3.8, 4) is 0 Å². The summed E-state index contributed by atoms with van der Waals surface area (Å²) >= 11 is 0. The van der Waals surface area contributed by atoms with Crippen LogP contribution in [-0.2, 0) is 17.3 Å². The first-order valence-electron chi connectivity index (χ1n) is 11.7. The van der Waals surface area contributed by atoms with E-state index in [1.165, 1.54) is 19.3 Å². The Morgan fingerprint density at radius 1 is 0.759 bits per heavy atom. The van der Waals surface area contributed by atoms with Crippen molar-refractivity contribution >= 4 is 5.57 Å². The van der Waals surface area contributed by atoms with Gasteiger partial charge in [0.1, 0.15) is 0 Å². The van der Waals surface area contributed by atoms with E-state index in [1.807, 2.05) is 0 Å². The molecule has 4 aliphatic carbocycles. The smallest absolute Gasteiger partial charge is 0.0114 e. The molecule has 1 aromatic rings. The van der Waals surface area contributed by atoms with Gasteiger partial charge in [-0.3, -0.25) is 0 Å². The van der Waals surface area contributed by atoms with Crippen molar-refractivity contribution in [2.75, 3.05) is 0 Å². The molecule has 0 unspecified atom stereocenters. The zero-order chi connectivity index (χ0) is 21.0. The Bertz CT molecular complexity index is 1010. The highest BCUT2D eigenvalue weighted by atomic mass is 14.5. The Hall–Kier alpha value is -1.56. The van der Waals surface area contributed by atoms with Crippen LogP contribution in [0.25, 0.3) is 5.57 Å². The number of allylic oxidation sites excluding steroid dienone is 6. The lowest BCUT2D eigenvalue weighted by Crippen LogP contribution is -2.34. The van der Waals surface area contributed by atoms with Gasteiger partial charge in [-0.2, -0.15) is 0 Å². The first-order valence-corrected chi connectivity index (χ1v) is 11.7. The molecule has 0 fully saturated rings. The van der Waals surface area contributed by atoms with Gasteiger partial charge in [0.05, 0.1) is 0 Å². The summed E-state index contributed by atoms with van der Waals surface area (Å²) in [6, 6.07) is 5.23. The fraction of sp³-hybridized carbons (Fsp3) is 0.586. The van der Waals surface area contributed by atoms with Crippen LogP contribution in [0, 0.1) is 10.8 Å². The minimum Gasteiger partial charge on any atom is -0.0793 e. The Balaban J connectivity index is 1.69. The summed E-state index contributed by atoms with van der Waals surface area (Å²) in [5.74, 6) is 0. The van der Waals surface area contributed by atoms with Gasteiger partial charge in [0.2, 0.25) is 0 Å². The molecule has 0 nitrogen and oxygen atoms in total. The van der Waals surface area contributed by atoms with E-state index in [2.05, 4.69) is 79.7 Å². The minimum absolute atomic E-state index is 0.153. The first kappa shape index (κ1) is 19.4. The van der Waals surface area contributed by atoms with Gasteiger partial charge in [0.15, 0.2) is 0 Å². The molecule has 0 aromatic heterocycles. The highest BCUT2D eigenvalue weighted by Gasteiger charge is 2.44. The molecule has 0 spiro atoms. The molecular formula is C29H38. The molecular weight excluding hydrogens is 348 g/mol. The predicted octanol–water partition coefficient (Wildman–Crippen LogP) is 8.06. The van der Waals surface area contributed by atoms with Crippen molar-refractivity contribution in [3.63, 3.8) is 0 Å². The van der Waals surface area contributed by atoms with E-state index in [1.54, 1.807) is 44.5 Å². The normalized spacial score (nSPS) is 27.3. The van der Waals surface area contributed by atoms with Crippen LogP contribution >= 0.6 is 0 Å². The number of fused-ring (bicyclic) bond motifs is 4. The Morgan fingerprint density at radius 3 is 2.03 bits per heavy atom. The highest BCUT2D eigenvalue weighted by molar-refractivity contribution is 5.84. The minimum atomic E-state index is 0.153. The van der Waals surface area contributed by atoms with Crippen LogP contribution in [0.3, 0.4) is 0 Å². The highest BCUT2D eigenvalue weighted by Crippen LogP contribution is 2.58. The van der Waals surface area contributed by atoms with Gasteiger partial charge < -0.3 is 0 Å². The maximum absolute atomic E-state index is 2.62. The van der Waals surface area contributed by atoms with Gasteiger partial charge in [0, 0.05) is 5.41 Å². The third-order valence-corrected chi connectivity index (χ3v) is 8.67. The summed E-state index contributed by atoms with van der Waals surface area (Å²) in [4.78, 5) is 0. The lowest BCUT2D eigenvalue weighted by Gasteiger charge is -2.42. The van der Waals surface area contributed by atoms with E-state index in [9.17, 15) is 0 Å². The molecule has 0 N–H and O–H groups in total. The number of benzene rings is 1. The summed E-state index contributed by atoms with van der Waals surface area (Å²) < 4.78 is 0. The second-order valence-electron chi connectivity index (χ2n) is 12.7. The van der Waals surface area contributed by atoms with E-state index < -0.39 is 0 Å². The average Bonchev–Trinajstić information content (AvgIpc) is 2.96. The molecule has 0 atom stereocenters. The van der Waals surface area contributed by atoms with Crippen molar-refractivity contribution in [2.24, 2.45) is 10.8 Å². The molecule has 0 saturated carbocycles. The summed E-state index contributed by atoms with van der Waals surface area (Å²) in [7, 11) is 0. The molecule has 5 rings (SSSR count). The quantitative estimate of drug-likeness (QED) is 0.423. The average molecular weight is 387 g/mol. The van der Waals surface area contributed by atoms with Crippen molar-refractivity contribution < 1.29 is 0 Å². The van der Waals surface area contributed by atoms with Gasteiger partial charge in [0.25, 0.3) is 0 Å². The van der Waals surface area contributed by atoms with E-state index >= 15 is 0 Å². The molecule has 0 amide bonds. The van der Waals surface area contributed by atoms with Gasteiger partial charge in [-0.05, 0) is 87.3 Å². The third kappa shape index (κ3) is 2.70. The second-order valence-corrected chi connectivity index (χ2v) is 12.7. The van der Waals surface area contributed by atoms with Crippen molar-refractivity contribution in [1.29, 1.82) is 0 Å². The Kier molecular flexibility index (Phi) is 3.73. The summed E-state index contributed by atoms with van der Waals surface area (Å²) in [6.45, 7) is 19.5. The zero-order valence-electron chi connectivity index (χ0n) is 19.8.